The van der Waals surface area contributed by atoms with Crippen molar-refractivity contribution in [2.75, 3.05) is 26.9 Å². The van der Waals surface area contributed by atoms with Gasteiger partial charge in [0.1, 0.15) is 0 Å². The Morgan fingerprint density at radius 3 is 2.16 bits per heavy atom. The largest absolute Gasteiger partial charge is 0.490 e. The molecule has 15 heteroatoms. The van der Waals surface area contributed by atoms with Crippen molar-refractivity contribution in [2.24, 2.45) is 0 Å². The molecule has 0 unspecified atom stereocenters. The summed E-state index contributed by atoms with van der Waals surface area (Å²) < 4.78 is 74.7. The number of rotatable bonds is 8. The van der Waals surface area contributed by atoms with E-state index in [-0.39, 0.29) is 6.10 Å². The molecular formula is C22H26F6N2O6S. The highest BCUT2D eigenvalue weighted by Crippen LogP contribution is 2.26. The minimum Gasteiger partial charge on any atom is -0.475 e. The smallest absolute Gasteiger partial charge is 0.475 e. The molecule has 0 amide bonds. The monoisotopic (exact) mass is 560 g/mol. The van der Waals surface area contributed by atoms with Gasteiger partial charge in [-0.1, -0.05) is 6.07 Å². The van der Waals surface area contributed by atoms with Gasteiger partial charge in [-0.2, -0.15) is 37.7 Å². The number of ether oxygens (including phenoxy) is 2. The van der Waals surface area contributed by atoms with Crippen molar-refractivity contribution in [3.8, 4) is 0 Å². The number of nitrogens with zero attached hydrogens (tertiary/aromatic N) is 2. The van der Waals surface area contributed by atoms with Gasteiger partial charge in [0, 0.05) is 38.6 Å². The fourth-order valence-corrected chi connectivity index (χ4v) is 3.86. The first-order valence-corrected chi connectivity index (χ1v) is 11.5. The molecule has 1 fully saturated rings. The van der Waals surface area contributed by atoms with Crippen molar-refractivity contribution in [2.45, 2.75) is 43.9 Å². The van der Waals surface area contributed by atoms with Crippen LogP contribution < -0.4 is 0 Å². The van der Waals surface area contributed by atoms with Gasteiger partial charge in [-0.3, -0.25) is 9.88 Å². The highest BCUT2D eigenvalue weighted by atomic mass is 32.1. The van der Waals surface area contributed by atoms with Gasteiger partial charge in [0.15, 0.2) is 0 Å². The van der Waals surface area contributed by atoms with Gasteiger partial charge in [-0.15, -0.1) is 0 Å². The van der Waals surface area contributed by atoms with Crippen LogP contribution in [0.5, 0.6) is 0 Å². The first kappa shape index (κ1) is 32.3. The molecule has 208 valence electrons. The summed E-state index contributed by atoms with van der Waals surface area (Å²) in [5.74, 6) is -5.51. The van der Waals surface area contributed by atoms with E-state index in [1.54, 1.807) is 18.4 Å². The van der Waals surface area contributed by atoms with Crippen LogP contribution in [0.4, 0.5) is 26.3 Å². The second-order valence-electron chi connectivity index (χ2n) is 7.53. The maximum atomic E-state index is 10.6. The number of aromatic nitrogens is 1. The van der Waals surface area contributed by atoms with Crippen LogP contribution in [0.25, 0.3) is 0 Å². The molecule has 3 heterocycles. The Morgan fingerprint density at radius 2 is 1.70 bits per heavy atom. The third-order valence-corrected chi connectivity index (χ3v) is 5.57. The summed E-state index contributed by atoms with van der Waals surface area (Å²) in [6.07, 6.45) is -4.04. The van der Waals surface area contributed by atoms with Gasteiger partial charge >= 0.3 is 24.3 Å². The van der Waals surface area contributed by atoms with Gasteiger partial charge in [0.25, 0.3) is 0 Å². The first-order valence-electron chi connectivity index (χ1n) is 10.6. The summed E-state index contributed by atoms with van der Waals surface area (Å²) >= 11 is 1.76. The van der Waals surface area contributed by atoms with Gasteiger partial charge in [-0.05, 0) is 46.9 Å². The minimum absolute atomic E-state index is 0.268. The quantitative estimate of drug-likeness (QED) is 0.364. The maximum Gasteiger partial charge on any atom is 0.490 e. The third kappa shape index (κ3) is 12.9. The molecule has 0 aromatic carbocycles. The van der Waals surface area contributed by atoms with E-state index >= 15 is 0 Å². The van der Waals surface area contributed by atoms with E-state index in [1.165, 1.54) is 11.1 Å². The van der Waals surface area contributed by atoms with Crippen molar-refractivity contribution in [3.63, 3.8) is 0 Å². The van der Waals surface area contributed by atoms with Gasteiger partial charge in [-0.25, -0.2) is 9.59 Å². The van der Waals surface area contributed by atoms with Crippen LogP contribution in [-0.2, 0) is 32.0 Å². The van der Waals surface area contributed by atoms with E-state index in [0.717, 1.165) is 25.9 Å². The molecule has 1 aliphatic rings. The number of aliphatic carboxylic acids is 2. The third-order valence-electron chi connectivity index (χ3n) is 4.84. The van der Waals surface area contributed by atoms with Crippen LogP contribution in [-0.4, -0.2) is 83.4 Å². The Morgan fingerprint density at radius 1 is 1.08 bits per heavy atom. The van der Waals surface area contributed by atoms with Crippen LogP contribution in [0.1, 0.15) is 17.5 Å². The van der Waals surface area contributed by atoms with E-state index in [1.807, 2.05) is 18.5 Å². The van der Waals surface area contributed by atoms with Crippen LogP contribution in [0.15, 0.2) is 41.4 Å². The molecule has 0 spiro atoms. The summed E-state index contributed by atoms with van der Waals surface area (Å²) in [6, 6.07) is 6.77. The Labute approximate surface area is 212 Å². The molecule has 2 aromatic rings. The molecule has 0 bridgehead atoms. The Kier molecular flexibility index (Phi) is 13.5. The number of thiophene rings is 1. The number of likely N-dealkylation sites (tertiary alicyclic amines) is 1. The highest BCUT2D eigenvalue weighted by molar-refractivity contribution is 7.07. The Bertz CT molecular complexity index is 904. The molecular weight excluding hydrogens is 534 g/mol. The zero-order chi connectivity index (χ0) is 28.1. The Hall–Kier alpha value is -2.75. The lowest BCUT2D eigenvalue weighted by Crippen LogP contribution is -2.38. The lowest BCUT2D eigenvalue weighted by molar-refractivity contribution is -0.193. The zero-order valence-electron chi connectivity index (χ0n) is 19.5. The molecule has 0 saturated carbocycles. The van der Waals surface area contributed by atoms with Crippen molar-refractivity contribution in [3.05, 3.63) is 52.5 Å². The molecule has 0 radical (unpaired) electrons. The molecule has 3 rings (SSSR count). The predicted octanol–water partition coefficient (Wildman–Crippen LogP) is 4.26. The maximum absolute atomic E-state index is 10.6. The average Bonchev–Trinajstić information content (AvgIpc) is 3.45. The minimum atomic E-state index is -5.08. The first-order chi connectivity index (χ1) is 17.3. The van der Waals surface area contributed by atoms with E-state index in [0.29, 0.717) is 19.3 Å². The second-order valence-corrected chi connectivity index (χ2v) is 8.31. The molecule has 1 saturated heterocycles. The van der Waals surface area contributed by atoms with E-state index in [4.69, 9.17) is 29.3 Å². The number of pyridine rings is 1. The van der Waals surface area contributed by atoms with Crippen molar-refractivity contribution >= 4 is 23.3 Å². The number of hydrogen-bond donors (Lipinski definition) is 2. The second kappa shape index (κ2) is 15.5. The van der Waals surface area contributed by atoms with E-state index in [2.05, 4.69) is 32.8 Å². The van der Waals surface area contributed by atoms with Crippen molar-refractivity contribution < 1.29 is 55.6 Å². The predicted molar refractivity (Wildman–Crippen MR) is 120 cm³/mol. The molecule has 1 aliphatic heterocycles. The average molecular weight is 561 g/mol. The lowest BCUT2D eigenvalue weighted by Gasteiger charge is -2.28. The SMILES string of the molecule is COCCO[C@H]1CCN(Cc2ccsc2)[C@H]1Cc1cccnc1.O=C(O)C(F)(F)F.O=C(O)C(F)(F)F. The summed E-state index contributed by atoms with van der Waals surface area (Å²) in [6.45, 7) is 3.40. The number of hydrogen-bond acceptors (Lipinski definition) is 7. The summed E-state index contributed by atoms with van der Waals surface area (Å²) in [5, 5.41) is 18.6. The molecule has 0 aliphatic carbocycles. The van der Waals surface area contributed by atoms with Crippen LogP contribution in [0, 0.1) is 0 Å². The molecule has 37 heavy (non-hydrogen) atoms. The highest BCUT2D eigenvalue weighted by Gasteiger charge is 2.39. The Balaban J connectivity index is 0.000000404. The normalized spacial score (nSPS) is 17.8. The molecule has 2 aromatic heterocycles. The van der Waals surface area contributed by atoms with Gasteiger partial charge in [0.05, 0.1) is 19.3 Å². The number of carboxylic acid groups (broad SMARTS) is 2. The summed E-state index contributed by atoms with van der Waals surface area (Å²) in [7, 11) is 1.72. The molecule has 2 N–H and O–H groups in total. The number of alkyl halides is 6. The standard InChI is InChI=1S/C18H24N2O2S.2C2HF3O2/c1-21-8-9-22-18-4-7-20(13-16-5-10-23-14-16)17(18)11-15-3-2-6-19-12-15;2*3-2(4,5)1(6)7/h2-3,5-6,10,12,14,17-18H,4,7-9,11,13H2,1H3;2*(H,6,7)/t17-,18-;;/m0../s1. The number of carbonyl (C=O) groups is 2. The fourth-order valence-electron chi connectivity index (χ4n) is 3.20. The van der Waals surface area contributed by atoms with Crippen LogP contribution in [0.2, 0.25) is 0 Å². The summed E-state index contributed by atoms with van der Waals surface area (Å²) in [4.78, 5) is 24.6. The van der Waals surface area contributed by atoms with E-state index < -0.39 is 24.3 Å². The fraction of sp³-hybridized carbons (Fsp3) is 0.500. The zero-order valence-corrected chi connectivity index (χ0v) is 20.4. The number of methoxy groups -OCH3 is 1. The number of halogens is 6. The lowest BCUT2D eigenvalue weighted by atomic mass is 10.0. The topological polar surface area (TPSA) is 109 Å². The van der Waals surface area contributed by atoms with E-state index in [9.17, 15) is 26.3 Å². The number of carboxylic acids is 2. The van der Waals surface area contributed by atoms with Gasteiger partial charge in [0.2, 0.25) is 0 Å². The summed E-state index contributed by atoms with van der Waals surface area (Å²) in [5.41, 5.74) is 2.67. The van der Waals surface area contributed by atoms with Crippen LogP contribution in [0.3, 0.4) is 0 Å². The molecule has 2 atom stereocenters. The van der Waals surface area contributed by atoms with Crippen LogP contribution >= 0.6 is 11.3 Å². The van der Waals surface area contributed by atoms with Crippen molar-refractivity contribution in [1.29, 1.82) is 0 Å². The van der Waals surface area contributed by atoms with Gasteiger partial charge < -0.3 is 19.7 Å². The molecule has 8 nitrogen and oxygen atoms in total. The van der Waals surface area contributed by atoms with Crippen molar-refractivity contribution in [1.82, 2.24) is 9.88 Å².